The van der Waals surface area contributed by atoms with Gasteiger partial charge in [0.1, 0.15) is 0 Å². The van der Waals surface area contributed by atoms with Gasteiger partial charge in [0.25, 0.3) is 0 Å². The van der Waals surface area contributed by atoms with Crippen molar-refractivity contribution < 1.29 is 0 Å². The van der Waals surface area contributed by atoms with E-state index in [2.05, 4.69) is 45.9 Å². The summed E-state index contributed by atoms with van der Waals surface area (Å²) in [5.41, 5.74) is 5.71. The molecule has 5 nitrogen and oxygen atoms in total. The van der Waals surface area contributed by atoms with Crippen LogP contribution in [0.5, 0.6) is 0 Å². The molecule has 0 radical (unpaired) electrons. The number of anilines is 1. The lowest BCUT2D eigenvalue weighted by Gasteiger charge is -2.09. The topological polar surface area (TPSA) is 47.7 Å². The molecular formula is C16H21N5. The van der Waals surface area contributed by atoms with Crippen LogP contribution in [0.1, 0.15) is 23.9 Å². The number of nitrogens with zero attached hydrogens (tertiary/aromatic N) is 4. The van der Waals surface area contributed by atoms with Crippen LogP contribution in [0.2, 0.25) is 0 Å². The van der Waals surface area contributed by atoms with E-state index in [-0.39, 0.29) is 0 Å². The molecule has 0 saturated carbocycles. The van der Waals surface area contributed by atoms with Gasteiger partial charge in [0.2, 0.25) is 5.95 Å². The summed E-state index contributed by atoms with van der Waals surface area (Å²) in [6.45, 7) is 7.93. The Balaban J connectivity index is 1.91. The molecule has 0 bridgehead atoms. The molecule has 1 N–H and O–H groups in total. The van der Waals surface area contributed by atoms with Crippen LogP contribution in [0, 0.1) is 13.8 Å². The molecule has 3 aromatic rings. The average molecular weight is 283 g/mol. The van der Waals surface area contributed by atoms with Crippen LogP contribution in [0.15, 0.2) is 24.3 Å². The third-order valence-electron chi connectivity index (χ3n) is 4.05. The summed E-state index contributed by atoms with van der Waals surface area (Å²) in [5, 5.41) is 7.92. The van der Waals surface area contributed by atoms with E-state index in [1.807, 2.05) is 30.8 Å². The maximum atomic E-state index is 4.69. The first-order chi connectivity index (χ1) is 10.1. The van der Waals surface area contributed by atoms with E-state index in [1.165, 1.54) is 16.8 Å². The van der Waals surface area contributed by atoms with Crippen LogP contribution < -0.4 is 5.32 Å². The first-order valence-electron chi connectivity index (χ1n) is 7.30. The summed E-state index contributed by atoms with van der Waals surface area (Å²) < 4.78 is 4.13. The van der Waals surface area contributed by atoms with E-state index in [1.54, 1.807) is 0 Å². The molecule has 0 aliphatic heterocycles. The molecule has 0 saturated heterocycles. The molecule has 0 fully saturated rings. The summed E-state index contributed by atoms with van der Waals surface area (Å²) in [6.07, 6.45) is 0. The lowest BCUT2D eigenvalue weighted by molar-refractivity contribution is 0.730. The molecule has 0 unspecified atom stereocenters. The molecule has 110 valence electrons. The van der Waals surface area contributed by atoms with Gasteiger partial charge >= 0.3 is 0 Å². The van der Waals surface area contributed by atoms with Crippen molar-refractivity contribution in [3.8, 4) is 0 Å². The number of benzene rings is 1. The Morgan fingerprint density at radius 1 is 1.19 bits per heavy atom. The Labute approximate surface area is 124 Å². The third kappa shape index (κ3) is 2.28. The fraction of sp³-hybridized carbons (Fsp3) is 0.375. The van der Waals surface area contributed by atoms with Crippen molar-refractivity contribution in [1.82, 2.24) is 19.3 Å². The fourth-order valence-corrected chi connectivity index (χ4v) is 2.77. The number of fused-ring (bicyclic) bond motifs is 1. The van der Waals surface area contributed by atoms with Gasteiger partial charge in [-0.2, -0.15) is 5.10 Å². The number of rotatable bonds is 4. The molecular weight excluding hydrogens is 262 g/mol. The zero-order valence-corrected chi connectivity index (χ0v) is 13.0. The minimum Gasteiger partial charge on any atom is -0.351 e. The van der Waals surface area contributed by atoms with E-state index in [9.17, 15) is 0 Å². The van der Waals surface area contributed by atoms with Crippen molar-refractivity contribution in [2.45, 2.75) is 33.9 Å². The van der Waals surface area contributed by atoms with E-state index in [0.717, 1.165) is 30.2 Å². The van der Waals surface area contributed by atoms with Crippen LogP contribution in [0.25, 0.3) is 11.0 Å². The first kappa shape index (κ1) is 13.7. The van der Waals surface area contributed by atoms with Crippen molar-refractivity contribution in [3.63, 3.8) is 0 Å². The standard InChI is InChI=1S/C16H21N5/c1-5-21-15-9-7-6-8-14(15)18-16(21)17-10-13-11(2)19-20(4)12(13)3/h6-9H,5,10H2,1-4H3,(H,17,18). The maximum absolute atomic E-state index is 4.69. The normalized spacial score (nSPS) is 11.2. The number of hydrogen-bond donors (Lipinski definition) is 1. The summed E-state index contributed by atoms with van der Waals surface area (Å²) >= 11 is 0. The summed E-state index contributed by atoms with van der Waals surface area (Å²) in [7, 11) is 1.98. The zero-order chi connectivity index (χ0) is 15.0. The van der Waals surface area contributed by atoms with E-state index >= 15 is 0 Å². The van der Waals surface area contributed by atoms with Gasteiger partial charge in [-0.15, -0.1) is 0 Å². The number of para-hydroxylation sites is 2. The Hall–Kier alpha value is -2.30. The summed E-state index contributed by atoms with van der Waals surface area (Å²) in [4.78, 5) is 4.69. The molecule has 2 heterocycles. The highest BCUT2D eigenvalue weighted by atomic mass is 15.3. The van der Waals surface area contributed by atoms with Crippen LogP contribution in [-0.2, 0) is 20.1 Å². The molecule has 0 spiro atoms. The van der Waals surface area contributed by atoms with Gasteiger partial charge < -0.3 is 9.88 Å². The Kier molecular flexibility index (Phi) is 3.41. The second-order valence-electron chi connectivity index (χ2n) is 5.29. The smallest absolute Gasteiger partial charge is 0.204 e. The number of imidazole rings is 1. The minimum atomic E-state index is 0.745. The third-order valence-corrected chi connectivity index (χ3v) is 4.05. The van der Waals surface area contributed by atoms with Crippen molar-refractivity contribution in [2.24, 2.45) is 7.05 Å². The largest absolute Gasteiger partial charge is 0.351 e. The van der Waals surface area contributed by atoms with Crippen molar-refractivity contribution in [3.05, 3.63) is 41.2 Å². The molecule has 0 aliphatic rings. The number of hydrogen-bond acceptors (Lipinski definition) is 3. The van der Waals surface area contributed by atoms with E-state index < -0.39 is 0 Å². The highest BCUT2D eigenvalue weighted by molar-refractivity contribution is 5.78. The van der Waals surface area contributed by atoms with E-state index in [0.29, 0.717) is 0 Å². The molecule has 2 aromatic heterocycles. The molecule has 0 aliphatic carbocycles. The van der Waals surface area contributed by atoms with E-state index in [4.69, 9.17) is 0 Å². The Morgan fingerprint density at radius 3 is 2.62 bits per heavy atom. The fourth-order valence-electron chi connectivity index (χ4n) is 2.77. The second-order valence-corrected chi connectivity index (χ2v) is 5.29. The van der Waals surface area contributed by atoms with Gasteiger partial charge in [-0.05, 0) is 32.9 Å². The number of nitrogens with one attached hydrogen (secondary N) is 1. The Morgan fingerprint density at radius 2 is 1.95 bits per heavy atom. The van der Waals surface area contributed by atoms with Crippen LogP contribution >= 0.6 is 0 Å². The highest BCUT2D eigenvalue weighted by Crippen LogP contribution is 2.21. The van der Waals surface area contributed by atoms with Gasteiger partial charge in [-0.25, -0.2) is 4.98 Å². The van der Waals surface area contributed by atoms with Gasteiger partial charge in [-0.1, -0.05) is 12.1 Å². The predicted octanol–water partition coefficient (Wildman–Crippen LogP) is 3.02. The average Bonchev–Trinajstić information content (AvgIpc) is 2.95. The lowest BCUT2D eigenvalue weighted by Crippen LogP contribution is -2.08. The molecule has 21 heavy (non-hydrogen) atoms. The molecule has 0 amide bonds. The summed E-state index contributed by atoms with van der Waals surface area (Å²) in [6, 6.07) is 8.23. The zero-order valence-electron chi connectivity index (χ0n) is 13.0. The number of aromatic nitrogens is 4. The van der Waals surface area contributed by atoms with Crippen molar-refractivity contribution >= 4 is 17.0 Å². The first-order valence-corrected chi connectivity index (χ1v) is 7.30. The molecule has 0 atom stereocenters. The summed E-state index contributed by atoms with van der Waals surface area (Å²) in [5.74, 6) is 0.918. The second kappa shape index (κ2) is 5.24. The lowest BCUT2D eigenvalue weighted by atomic mass is 10.2. The minimum absolute atomic E-state index is 0.745. The quantitative estimate of drug-likeness (QED) is 0.800. The van der Waals surface area contributed by atoms with Crippen molar-refractivity contribution in [1.29, 1.82) is 0 Å². The highest BCUT2D eigenvalue weighted by Gasteiger charge is 2.12. The predicted molar refractivity (Wildman–Crippen MR) is 85.4 cm³/mol. The Bertz CT molecular complexity index is 781. The molecule has 3 rings (SSSR count). The van der Waals surface area contributed by atoms with Gasteiger partial charge in [0.15, 0.2) is 0 Å². The van der Waals surface area contributed by atoms with Crippen molar-refractivity contribution in [2.75, 3.05) is 5.32 Å². The molecule has 5 heteroatoms. The van der Waals surface area contributed by atoms with Crippen LogP contribution in [0.4, 0.5) is 5.95 Å². The maximum Gasteiger partial charge on any atom is 0.204 e. The SMILES string of the molecule is CCn1c(NCc2c(C)nn(C)c2C)nc2ccccc21. The van der Waals surface area contributed by atoms with Gasteiger partial charge in [-0.3, -0.25) is 4.68 Å². The monoisotopic (exact) mass is 283 g/mol. The van der Waals surface area contributed by atoms with Gasteiger partial charge in [0.05, 0.1) is 16.7 Å². The van der Waals surface area contributed by atoms with Gasteiger partial charge in [0, 0.05) is 31.4 Å². The van der Waals surface area contributed by atoms with Crippen LogP contribution in [-0.4, -0.2) is 19.3 Å². The number of aryl methyl sites for hydroxylation is 3. The van der Waals surface area contributed by atoms with Crippen LogP contribution in [0.3, 0.4) is 0 Å². The molecule has 1 aromatic carbocycles.